The lowest BCUT2D eigenvalue weighted by molar-refractivity contribution is 0.188. The van der Waals surface area contributed by atoms with Crippen molar-refractivity contribution in [2.75, 3.05) is 0 Å². The molecule has 1 aliphatic carbocycles. The van der Waals surface area contributed by atoms with Crippen molar-refractivity contribution in [2.24, 2.45) is 0 Å². The molecule has 0 spiro atoms. The lowest BCUT2D eigenvalue weighted by atomic mass is 9.87. The van der Waals surface area contributed by atoms with Gasteiger partial charge in [-0.1, -0.05) is 6.07 Å². The van der Waals surface area contributed by atoms with E-state index in [2.05, 4.69) is 5.32 Å². The number of phenols is 1. The molecule has 0 bridgehead atoms. The minimum absolute atomic E-state index is 0.133. The number of phenolic OH excluding ortho intramolecular Hbond substituents is 1. The summed E-state index contributed by atoms with van der Waals surface area (Å²) in [5.41, 5.74) is 2.03. The molecule has 1 aromatic rings. The second-order valence-corrected chi connectivity index (χ2v) is 3.78. The Morgan fingerprint density at radius 1 is 1.47 bits per heavy atom. The van der Waals surface area contributed by atoms with Crippen molar-refractivity contribution in [2.45, 2.75) is 25.3 Å². The summed E-state index contributed by atoms with van der Waals surface area (Å²) in [6.07, 6.45) is 1.67. The summed E-state index contributed by atoms with van der Waals surface area (Å²) in [6.45, 7) is 0. The number of aryl methyl sites for hydroxylation is 1. The van der Waals surface area contributed by atoms with Crippen LogP contribution in [0.25, 0.3) is 0 Å². The summed E-state index contributed by atoms with van der Waals surface area (Å²) in [5.74, 6) is 0.240. The molecule has 0 saturated carbocycles. The van der Waals surface area contributed by atoms with Crippen molar-refractivity contribution in [3.8, 4) is 5.75 Å². The summed E-state index contributed by atoms with van der Waals surface area (Å²) >= 11 is 0. The SMILES string of the molecule is O=C(O)NC1CCCc2cc(O)ccc21. The first-order valence-corrected chi connectivity index (χ1v) is 4.98. The minimum atomic E-state index is -0.999. The number of benzene rings is 1. The molecule has 4 heteroatoms. The Kier molecular flexibility index (Phi) is 2.49. The monoisotopic (exact) mass is 207 g/mol. The average Bonchev–Trinajstić information content (AvgIpc) is 2.16. The Bertz CT molecular complexity index is 389. The topological polar surface area (TPSA) is 69.6 Å². The Labute approximate surface area is 87.6 Å². The zero-order chi connectivity index (χ0) is 10.8. The predicted octanol–water partition coefficient (Wildman–Crippen LogP) is 2.04. The maximum absolute atomic E-state index is 10.6. The van der Waals surface area contributed by atoms with E-state index in [1.807, 2.05) is 0 Å². The molecule has 1 aromatic carbocycles. The van der Waals surface area contributed by atoms with Gasteiger partial charge in [-0.25, -0.2) is 4.79 Å². The van der Waals surface area contributed by atoms with Gasteiger partial charge in [0.2, 0.25) is 0 Å². The fourth-order valence-electron chi connectivity index (χ4n) is 2.10. The number of rotatable bonds is 1. The van der Waals surface area contributed by atoms with Gasteiger partial charge in [0.15, 0.2) is 0 Å². The van der Waals surface area contributed by atoms with Crippen molar-refractivity contribution >= 4 is 6.09 Å². The summed E-state index contributed by atoms with van der Waals surface area (Å²) in [6, 6.07) is 4.97. The number of carboxylic acid groups (broad SMARTS) is 1. The summed E-state index contributed by atoms with van der Waals surface area (Å²) < 4.78 is 0. The zero-order valence-corrected chi connectivity index (χ0v) is 8.23. The fourth-order valence-corrected chi connectivity index (χ4v) is 2.10. The van der Waals surface area contributed by atoms with Gasteiger partial charge in [-0.3, -0.25) is 0 Å². The Morgan fingerprint density at radius 3 is 3.00 bits per heavy atom. The molecule has 2 rings (SSSR count). The lowest BCUT2D eigenvalue weighted by Gasteiger charge is -2.25. The van der Waals surface area contributed by atoms with E-state index in [0.29, 0.717) is 0 Å². The number of carbonyl (C=O) groups is 1. The largest absolute Gasteiger partial charge is 0.508 e. The van der Waals surface area contributed by atoms with Gasteiger partial charge in [-0.2, -0.15) is 0 Å². The molecule has 1 aliphatic rings. The molecule has 80 valence electrons. The predicted molar refractivity (Wildman–Crippen MR) is 54.9 cm³/mol. The Morgan fingerprint density at radius 2 is 2.27 bits per heavy atom. The Hall–Kier alpha value is -1.71. The van der Waals surface area contributed by atoms with Gasteiger partial charge in [0, 0.05) is 0 Å². The van der Waals surface area contributed by atoms with Crippen molar-refractivity contribution in [3.63, 3.8) is 0 Å². The van der Waals surface area contributed by atoms with E-state index in [1.54, 1.807) is 18.2 Å². The quantitative estimate of drug-likeness (QED) is 0.660. The van der Waals surface area contributed by atoms with Crippen molar-refractivity contribution in [1.82, 2.24) is 5.32 Å². The third-order valence-corrected chi connectivity index (χ3v) is 2.74. The fraction of sp³-hybridized carbons (Fsp3) is 0.364. The lowest BCUT2D eigenvalue weighted by Crippen LogP contribution is -2.29. The summed E-state index contributed by atoms with van der Waals surface area (Å²) in [5, 5.41) is 20.5. The molecule has 0 fully saturated rings. The van der Waals surface area contributed by atoms with Crippen LogP contribution in [0.15, 0.2) is 18.2 Å². The van der Waals surface area contributed by atoms with Gasteiger partial charge in [0.05, 0.1) is 6.04 Å². The smallest absolute Gasteiger partial charge is 0.405 e. The van der Waals surface area contributed by atoms with E-state index in [0.717, 1.165) is 30.4 Å². The number of aromatic hydroxyl groups is 1. The molecule has 3 N–H and O–H groups in total. The van der Waals surface area contributed by atoms with Crippen LogP contribution in [-0.2, 0) is 6.42 Å². The summed E-state index contributed by atoms with van der Waals surface area (Å²) in [4.78, 5) is 10.6. The van der Waals surface area contributed by atoms with Crippen LogP contribution in [0, 0.1) is 0 Å². The van der Waals surface area contributed by atoms with E-state index in [9.17, 15) is 9.90 Å². The highest BCUT2D eigenvalue weighted by Crippen LogP contribution is 2.31. The van der Waals surface area contributed by atoms with Gasteiger partial charge in [-0.05, 0) is 42.5 Å². The highest BCUT2D eigenvalue weighted by molar-refractivity contribution is 5.65. The molecule has 0 aromatic heterocycles. The van der Waals surface area contributed by atoms with Crippen LogP contribution in [0.5, 0.6) is 5.75 Å². The molecule has 0 aliphatic heterocycles. The van der Waals surface area contributed by atoms with Crippen molar-refractivity contribution in [3.05, 3.63) is 29.3 Å². The molecule has 15 heavy (non-hydrogen) atoms. The maximum atomic E-state index is 10.6. The van der Waals surface area contributed by atoms with Crippen LogP contribution in [0.2, 0.25) is 0 Å². The number of hydrogen-bond donors (Lipinski definition) is 3. The van der Waals surface area contributed by atoms with Gasteiger partial charge in [0.25, 0.3) is 0 Å². The van der Waals surface area contributed by atoms with Crippen molar-refractivity contribution < 1.29 is 15.0 Å². The number of nitrogens with one attached hydrogen (secondary N) is 1. The Balaban J connectivity index is 2.30. The van der Waals surface area contributed by atoms with E-state index >= 15 is 0 Å². The number of amides is 1. The van der Waals surface area contributed by atoms with E-state index < -0.39 is 6.09 Å². The minimum Gasteiger partial charge on any atom is -0.508 e. The highest BCUT2D eigenvalue weighted by Gasteiger charge is 2.21. The van der Waals surface area contributed by atoms with Crippen LogP contribution < -0.4 is 5.32 Å². The maximum Gasteiger partial charge on any atom is 0.405 e. The first-order chi connectivity index (χ1) is 7.16. The normalized spacial score (nSPS) is 19.3. The van der Waals surface area contributed by atoms with Crippen LogP contribution in [0.1, 0.15) is 30.0 Å². The number of fused-ring (bicyclic) bond motifs is 1. The van der Waals surface area contributed by atoms with E-state index in [1.165, 1.54) is 0 Å². The standard InChI is InChI=1S/C11H13NO3/c13-8-4-5-9-7(6-8)2-1-3-10(9)12-11(14)15/h4-6,10,12-13H,1-3H2,(H,14,15). The molecule has 1 unspecified atom stereocenters. The molecule has 0 saturated heterocycles. The molecule has 0 heterocycles. The molecular formula is C11H13NO3. The highest BCUT2D eigenvalue weighted by atomic mass is 16.4. The third-order valence-electron chi connectivity index (χ3n) is 2.74. The number of hydrogen-bond acceptors (Lipinski definition) is 2. The second-order valence-electron chi connectivity index (χ2n) is 3.78. The van der Waals surface area contributed by atoms with E-state index in [4.69, 9.17) is 5.11 Å². The van der Waals surface area contributed by atoms with Crippen molar-refractivity contribution in [1.29, 1.82) is 0 Å². The molecule has 4 nitrogen and oxygen atoms in total. The van der Waals surface area contributed by atoms with Gasteiger partial charge < -0.3 is 15.5 Å². The van der Waals surface area contributed by atoms with Crippen LogP contribution >= 0.6 is 0 Å². The third kappa shape index (κ3) is 2.03. The molecular weight excluding hydrogens is 194 g/mol. The van der Waals surface area contributed by atoms with Crippen LogP contribution in [-0.4, -0.2) is 16.3 Å². The average molecular weight is 207 g/mol. The molecule has 1 amide bonds. The van der Waals surface area contributed by atoms with Gasteiger partial charge >= 0.3 is 6.09 Å². The van der Waals surface area contributed by atoms with Crippen LogP contribution in [0.4, 0.5) is 4.79 Å². The molecule has 0 radical (unpaired) electrons. The summed E-state index contributed by atoms with van der Waals surface area (Å²) in [7, 11) is 0. The first-order valence-electron chi connectivity index (χ1n) is 4.98. The first kappa shape index (κ1) is 9.83. The van der Waals surface area contributed by atoms with Gasteiger partial charge in [-0.15, -0.1) is 0 Å². The molecule has 1 atom stereocenters. The zero-order valence-electron chi connectivity index (χ0n) is 8.23. The van der Waals surface area contributed by atoms with Gasteiger partial charge in [0.1, 0.15) is 5.75 Å². The van der Waals surface area contributed by atoms with E-state index in [-0.39, 0.29) is 11.8 Å². The second kappa shape index (κ2) is 3.81. The van der Waals surface area contributed by atoms with Crippen LogP contribution in [0.3, 0.4) is 0 Å².